The molecule has 25 heavy (non-hydrogen) atoms. The number of benzene rings is 1. The molecule has 3 heterocycles. The zero-order valence-electron chi connectivity index (χ0n) is 14.1. The van der Waals surface area contributed by atoms with Crippen molar-refractivity contribution in [3.63, 3.8) is 0 Å². The number of amides is 2. The number of aliphatic hydroxyl groups is 1. The highest BCUT2D eigenvalue weighted by Gasteiger charge is 2.38. The summed E-state index contributed by atoms with van der Waals surface area (Å²) in [6, 6.07) is 7.59. The lowest BCUT2D eigenvalue weighted by molar-refractivity contribution is -0.135. The van der Waals surface area contributed by atoms with E-state index in [4.69, 9.17) is 5.11 Å². The Kier molecular flexibility index (Phi) is 3.80. The lowest BCUT2D eigenvalue weighted by Crippen LogP contribution is -2.40. The summed E-state index contributed by atoms with van der Waals surface area (Å²) in [5.41, 5.74) is 3.69. The summed E-state index contributed by atoms with van der Waals surface area (Å²) in [6.07, 6.45) is 1.95. The zero-order valence-corrected chi connectivity index (χ0v) is 14.1. The Labute approximate surface area is 145 Å². The van der Waals surface area contributed by atoms with Gasteiger partial charge in [0, 0.05) is 31.3 Å². The van der Waals surface area contributed by atoms with E-state index in [9.17, 15) is 9.59 Å². The number of hydrogen-bond acceptors (Lipinski definition) is 4. The van der Waals surface area contributed by atoms with Crippen LogP contribution in [0, 0.1) is 0 Å². The average molecular weight is 340 g/mol. The summed E-state index contributed by atoms with van der Waals surface area (Å²) in [7, 11) is 1.75. The summed E-state index contributed by atoms with van der Waals surface area (Å²) in [4.78, 5) is 28.8. The molecule has 1 aromatic heterocycles. The van der Waals surface area contributed by atoms with Gasteiger partial charge in [-0.3, -0.25) is 14.3 Å². The second-order valence-electron chi connectivity index (χ2n) is 6.53. The van der Waals surface area contributed by atoms with Crippen molar-refractivity contribution in [3.05, 3.63) is 47.3 Å². The average Bonchev–Trinajstić information content (AvgIpc) is 3.20. The van der Waals surface area contributed by atoms with Gasteiger partial charge in [-0.05, 0) is 11.6 Å². The number of nitrogens with zero attached hydrogens (tertiary/aromatic N) is 4. The Morgan fingerprint density at radius 2 is 2.12 bits per heavy atom. The quantitative estimate of drug-likeness (QED) is 0.899. The number of aliphatic hydroxyl groups excluding tert-OH is 1. The van der Waals surface area contributed by atoms with Gasteiger partial charge >= 0.3 is 0 Å². The fourth-order valence-corrected chi connectivity index (χ4v) is 3.73. The summed E-state index contributed by atoms with van der Waals surface area (Å²) < 4.78 is 1.75. The Morgan fingerprint density at radius 1 is 1.32 bits per heavy atom. The number of rotatable bonds is 3. The smallest absolute Gasteiger partial charge is 0.231 e. The van der Waals surface area contributed by atoms with Crippen LogP contribution in [-0.4, -0.2) is 45.3 Å². The fraction of sp³-hybridized carbons (Fsp3) is 0.389. The molecule has 7 heteroatoms. The van der Waals surface area contributed by atoms with E-state index >= 15 is 0 Å². The standard InChI is InChI=1S/C18H20N4O3/c1-20-15-5-3-2-4-13(15)14(8-17(20)24)18(25)21-10-12-9-19-22(6-7-23)16(12)11-21/h2-5,9,14,23H,6-8,10-11H2,1H3/t14-/m0/s1. The summed E-state index contributed by atoms with van der Waals surface area (Å²) in [6.45, 7) is 1.41. The van der Waals surface area contributed by atoms with Crippen LogP contribution in [0.15, 0.2) is 30.5 Å². The van der Waals surface area contributed by atoms with E-state index < -0.39 is 5.92 Å². The van der Waals surface area contributed by atoms with E-state index in [-0.39, 0.29) is 24.8 Å². The predicted octanol–water partition coefficient (Wildman–Crippen LogP) is 0.868. The maximum absolute atomic E-state index is 13.1. The SMILES string of the molecule is CN1C(=O)C[C@H](C(=O)N2Cc3cnn(CCO)c3C2)c2ccccc21. The van der Waals surface area contributed by atoms with Crippen LogP contribution in [0.4, 0.5) is 5.69 Å². The van der Waals surface area contributed by atoms with Gasteiger partial charge in [0.05, 0.1) is 37.5 Å². The maximum atomic E-state index is 13.1. The largest absolute Gasteiger partial charge is 0.394 e. The first kappa shape index (κ1) is 15.8. The monoisotopic (exact) mass is 340 g/mol. The lowest BCUT2D eigenvalue weighted by atomic mass is 9.88. The highest BCUT2D eigenvalue weighted by atomic mass is 16.3. The van der Waals surface area contributed by atoms with Crippen molar-refractivity contribution in [2.75, 3.05) is 18.6 Å². The molecule has 1 aromatic carbocycles. The topological polar surface area (TPSA) is 78.7 Å². The van der Waals surface area contributed by atoms with Crippen molar-refractivity contribution in [3.8, 4) is 0 Å². The number of carbonyl (C=O) groups is 2. The van der Waals surface area contributed by atoms with Crippen LogP contribution in [0.5, 0.6) is 0 Å². The molecule has 0 spiro atoms. The minimum atomic E-state index is -0.442. The molecule has 1 N–H and O–H groups in total. The van der Waals surface area contributed by atoms with Crippen LogP contribution >= 0.6 is 0 Å². The summed E-state index contributed by atoms with van der Waals surface area (Å²) in [5, 5.41) is 13.4. The molecule has 0 radical (unpaired) electrons. The van der Waals surface area contributed by atoms with E-state index in [0.717, 1.165) is 22.5 Å². The molecule has 0 saturated carbocycles. The first-order chi connectivity index (χ1) is 12.1. The van der Waals surface area contributed by atoms with Crippen molar-refractivity contribution in [1.29, 1.82) is 0 Å². The first-order valence-corrected chi connectivity index (χ1v) is 8.39. The molecular formula is C18H20N4O3. The molecular weight excluding hydrogens is 320 g/mol. The third kappa shape index (κ3) is 2.51. The molecule has 0 unspecified atom stereocenters. The lowest BCUT2D eigenvalue weighted by Gasteiger charge is -2.32. The molecule has 0 bridgehead atoms. The van der Waals surface area contributed by atoms with Gasteiger partial charge in [-0.2, -0.15) is 5.10 Å². The van der Waals surface area contributed by atoms with Crippen LogP contribution in [-0.2, 0) is 29.2 Å². The number of anilines is 1. The second kappa shape index (κ2) is 6.00. The molecule has 2 amide bonds. The Balaban J connectivity index is 1.60. The van der Waals surface area contributed by atoms with Crippen molar-refractivity contribution in [2.45, 2.75) is 32.0 Å². The Hall–Kier alpha value is -2.67. The van der Waals surface area contributed by atoms with Crippen molar-refractivity contribution in [2.24, 2.45) is 0 Å². The van der Waals surface area contributed by atoms with E-state index in [0.29, 0.717) is 19.6 Å². The van der Waals surface area contributed by atoms with Crippen molar-refractivity contribution in [1.82, 2.24) is 14.7 Å². The fourth-order valence-electron chi connectivity index (χ4n) is 3.73. The summed E-state index contributed by atoms with van der Waals surface area (Å²) >= 11 is 0. The first-order valence-electron chi connectivity index (χ1n) is 8.39. The minimum Gasteiger partial charge on any atom is -0.394 e. The van der Waals surface area contributed by atoms with Gasteiger partial charge < -0.3 is 14.9 Å². The van der Waals surface area contributed by atoms with Gasteiger partial charge in [-0.15, -0.1) is 0 Å². The third-order valence-electron chi connectivity index (χ3n) is 5.08. The van der Waals surface area contributed by atoms with E-state index in [1.54, 1.807) is 27.7 Å². The number of fused-ring (bicyclic) bond motifs is 2. The van der Waals surface area contributed by atoms with Gasteiger partial charge in [0.2, 0.25) is 11.8 Å². The molecule has 0 aliphatic carbocycles. The molecule has 130 valence electrons. The number of carbonyl (C=O) groups excluding carboxylic acids is 2. The van der Waals surface area contributed by atoms with E-state index in [1.807, 2.05) is 24.3 Å². The molecule has 2 aliphatic heterocycles. The van der Waals surface area contributed by atoms with Crippen LogP contribution in [0.25, 0.3) is 0 Å². The number of aromatic nitrogens is 2. The molecule has 2 aliphatic rings. The molecule has 7 nitrogen and oxygen atoms in total. The van der Waals surface area contributed by atoms with Crippen molar-refractivity contribution >= 4 is 17.5 Å². The van der Waals surface area contributed by atoms with Crippen LogP contribution in [0.2, 0.25) is 0 Å². The van der Waals surface area contributed by atoms with Crippen molar-refractivity contribution < 1.29 is 14.7 Å². The molecule has 1 atom stereocenters. The van der Waals surface area contributed by atoms with Crippen LogP contribution in [0.3, 0.4) is 0 Å². The molecule has 0 fully saturated rings. The van der Waals surface area contributed by atoms with Gasteiger partial charge in [0.15, 0.2) is 0 Å². The Bertz CT molecular complexity index is 845. The van der Waals surface area contributed by atoms with Gasteiger partial charge in [-0.25, -0.2) is 0 Å². The highest BCUT2D eigenvalue weighted by Crippen LogP contribution is 2.37. The molecule has 0 saturated heterocycles. The highest BCUT2D eigenvalue weighted by molar-refractivity contribution is 6.02. The van der Waals surface area contributed by atoms with E-state index in [1.165, 1.54) is 0 Å². The number of hydrogen-bond donors (Lipinski definition) is 1. The van der Waals surface area contributed by atoms with Gasteiger partial charge in [0.25, 0.3) is 0 Å². The second-order valence-corrected chi connectivity index (χ2v) is 6.53. The van der Waals surface area contributed by atoms with Crippen LogP contribution < -0.4 is 4.90 Å². The van der Waals surface area contributed by atoms with Gasteiger partial charge in [-0.1, -0.05) is 18.2 Å². The van der Waals surface area contributed by atoms with Crippen LogP contribution in [0.1, 0.15) is 29.2 Å². The zero-order chi connectivity index (χ0) is 17.6. The normalized spacial score (nSPS) is 19.1. The predicted molar refractivity (Wildman–Crippen MR) is 90.8 cm³/mol. The van der Waals surface area contributed by atoms with Gasteiger partial charge in [0.1, 0.15) is 0 Å². The Morgan fingerprint density at radius 3 is 2.92 bits per heavy atom. The maximum Gasteiger partial charge on any atom is 0.231 e. The molecule has 2 aromatic rings. The molecule has 4 rings (SSSR count). The van der Waals surface area contributed by atoms with E-state index in [2.05, 4.69) is 5.10 Å². The minimum absolute atomic E-state index is 0.0128. The third-order valence-corrected chi connectivity index (χ3v) is 5.08. The summed E-state index contributed by atoms with van der Waals surface area (Å²) in [5.74, 6) is -0.510. The number of para-hydroxylation sites is 1.